The fraction of sp³-hybridized carbons (Fsp3) is 0.988. The number of carbonyl (C=O) groups is 1. The van der Waals surface area contributed by atoms with E-state index in [2.05, 4.69) is 19.2 Å². The standard InChI is InChI=1S/C82H167N2O6P/c1-6-8-10-12-14-16-18-20-22-24-26-28-30-32-34-36-38-39-40-41-42-43-44-46-48-50-52-54-56-58-60-62-64-66-68-70-72-74-76-82(86)83-80(79-90-91(87,88)89-78-77-84(3,4)5)81(85)75-73-71-69-67-65-63-61-59-57-55-53-51-49-47-45-37-35-33-31-29-27-25-23-21-19-17-15-13-11-9-7-2/h80-81,85H,6-79H2,1-5H3,(H-,83,86,87,88). The van der Waals surface area contributed by atoms with Crippen molar-refractivity contribution in [3.05, 3.63) is 0 Å². The van der Waals surface area contributed by atoms with Crippen LogP contribution in [0.1, 0.15) is 470 Å². The van der Waals surface area contributed by atoms with Crippen molar-refractivity contribution in [2.75, 3.05) is 40.9 Å². The first-order chi connectivity index (χ1) is 44.5. The van der Waals surface area contributed by atoms with Crippen LogP contribution in [0.5, 0.6) is 0 Å². The van der Waals surface area contributed by atoms with Crippen LogP contribution in [0.4, 0.5) is 0 Å². The third-order valence-electron chi connectivity index (χ3n) is 20.1. The number of quaternary nitrogens is 1. The second-order valence-corrected chi connectivity index (χ2v) is 32.0. The Bertz CT molecular complexity index is 1440. The van der Waals surface area contributed by atoms with E-state index in [1.54, 1.807) is 0 Å². The van der Waals surface area contributed by atoms with Crippen molar-refractivity contribution in [2.45, 2.75) is 482 Å². The Morgan fingerprint density at radius 1 is 0.341 bits per heavy atom. The first-order valence-electron chi connectivity index (χ1n) is 41.9. The van der Waals surface area contributed by atoms with E-state index in [1.165, 1.54) is 405 Å². The lowest BCUT2D eigenvalue weighted by molar-refractivity contribution is -0.870. The predicted octanol–water partition coefficient (Wildman–Crippen LogP) is 26.8. The highest BCUT2D eigenvalue weighted by molar-refractivity contribution is 7.45. The van der Waals surface area contributed by atoms with Gasteiger partial charge >= 0.3 is 0 Å². The van der Waals surface area contributed by atoms with E-state index in [1.807, 2.05) is 21.1 Å². The van der Waals surface area contributed by atoms with Crippen LogP contribution in [-0.2, 0) is 18.4 Å². The van der Waals surface area contributed by atoms with Gasteiger partial charge in [-0.05, 0) is 12.8 Å². The summed E-state index contributed by atoms with van der Waals surface area (Å²) in [7, 11) is 1.34. The zero-order chi connectivity index (χ0) is 66.2. The van der Waals surface area contributed by atoms with Crippen molar-refractivity contribution in [1.82, 2.24) is 5.32 Å². The number of phosphoric ester groups is 1. The zero-order valence-electron chi connectivity index (χ0n) is 62.9. The average molecular weight is 1310 g/mol. The van der Waals surface area contributed by atoms with Crippen molar-refractivity contribution in [3.63, 3.8) is 0 Å². The molecule has 0 rings (SSSR count). The number of amides is 1. The smallest absolute Gasteiger partial charge is 0.268 e. The first kappa shape index (κ1) is 90.5. The number of nitrogens with one attached hydrogen (secondary N) is 1. The molecule has 546 valence electrons. The second-order valence-electron chi connectivity index (χ2n) is 30.6. The van der Waals surface area contributed by atoms with E-state index in [0.717, 1.165) is 38.5 Å². The fourth-order valence-electron chi connectivity index (χ4n) is 13.6. The van der Waals surface area contributed by atoms with Crippen LogP contribution in [0.3, 0.4) is 0 Å². The van der Waals surface area contributed by atoms with E-state index in [-0.39, 0.29) is 19.1 Å². The molecule has 8 nitrogen and oxygen atoms in total. The maximum Gasteiger partial charge on any atom is 0.268 e. The maximum atomic E-state index is 13.1. The second kappa shape index (κ2) is 73.7. The molecule has 0 aromatic heterocycles. The summed E-state index contributed by atoms with van der Waals surface area (Å²) in [6.45, 7) is 4.82. The summed E-state index contributed by atoms with van der Waals surface area (Å²) in [6, 6.07) is -0.798. The molecule has 9 heteroatoms. The quantitative estimate of drug-likeness (QED) is 0.0357. The number of hydrogen-bond acceptors (Lipinski definition) is 6. The van der Waals surface area contributed by atoms with Gasteiger partial charge in [0, 0.05) is 6.42 Å². The Kier molecular flexibility index (Phi) is 73.3. The third kappa shape index (κ3) is 76.7. The molecule has 0 aliphatic carbocycles. The molecule has 0 spiro atoms. The van der Waals surface area contributed by atoms with Crippen molar-refractivity contribution in [2.24, 2.45) is 0 Å². The highest BCUT2D eigenvalue weighted by Gasteiger charge is 2.24. The molecule has 2 N–H and O–H groups in total. The molecule has 3 atom stereocenters. The number of carbonyl (C=O) groups excluding carboxylic acids is 1. The van der Waals surface area contributed by atoms with Crippen LogP contribution >= 0.6 is 7.82 Å². The molecule has 1 amide bonds. The fourth-order valence-corrected chi connectivity index (χ4v) is 14.4. The van der Waals surface area contributed by atoms with E-state index >= 15 is 0 Å². The van der Waals surface area contributed by atoms with Gasteiger partial charge in [-0.25, -0.2) is 0 Å². The monoisotopic (exact) mass is 1310 g/mol. The molecule has 0 aliphatic rings. The Labute approximate surface area is 571 Å². The normalized spacial score (nSPS) is 13.4. The van der Waals surface area contributed by atoms with Gasteiger partial charge in [0.25, 0.3) is 7.82 Å². The number of aliphatic hydroxyl groups is 1. The predicted molar refractivity (Wildman–Crippen MR) is 400 cm³/mol. The molecule has 0 fully saturated rings. The Morgan fingerprint density at radius 2 is 0.538 bits per heavy atom. The maximum absolute atomic E-state index is 13.1. The molecule has 0 aromatic carbocycles. The van der Waals surface area contributed by atoms with Gasteiger partial charge < -0.3 is 28.8 Å². The van der Waals surface area contributed by atoms with E-state index in [9.17, 15) is 19.4 Å². The van der Waals surface area contributed by atoms with Crippen LogP contribution in [0.2, 0.25) is 0 Å². The molecule has 0 radical (unpaired) electrons. The average Bonchev–Trinajstić information content (AvgIpc) is 3.56. The van der Waals surface area contributed by atoms with Crippen LogP contribution in [0.15, 0.2) is 0 Å². The molecule has 0 heterocycles. The van der Waals surface area contributed by atoms with E-state index in [4.69, 9.17) is 9.05 Å². The summed E-state index contributed by atoms with van der Waals surface area (Å²) in [4.78, 5) is 25.8. The minimum Gasteiger partial charge on any atom is -0.756 e. The van der Waals surface area contributed by atoms with Crippen molar-refractivity contribution in [3.8, 4) is 0 Å². The van der Waals surface area contributed by atoms with Gasteiger partial charge in [-0.3, -0.25) is 9.36 Å². The topological polar surface area (TPSA) is 108 Å². The lowest BCUT2D eigenvalue weighted by Crippen LogP contribution is -2.46. The molecule has 0 saturated carbocycles. The van der Waals surface area contributed by atoms with Crippen LogP contribution < -0.4 is 10.2 Å². The zero-order valence-corrected chi connectivity index (χ0v) is 63.8. The molecule has 0 aliphatic heterocycles. The molecule has 0 aromatic rings. The van der Waals surface area contributed by atoms with Gasteiger partial charge in [0.2, 0.25) is 5.91 Å². The molecule has 0 saturated heterocycles. The number of aliphatic hydroxyl groups excluding tert-OH is 1. The SMILES string of the molecule is CCCCCCCCCCCCCCCCCCCCCCCCCCCCCCCCCCCCCCCCC(=O)NC(COP(=O)([O-])OCC[N+](C)(C)C)C(O)CCCCCCCCCCCCCCCCCCCCCCCCCCCCCCCCC. The van der Waals surface area contributed by atoms with Gasteiger partial charge in [0.1, 0.15) is 13.2 Å². The number of likely N-dealkylation sites (N-methyl/N-ethyl adjacent to an activating group) is 1. The molecular formula is C82H167N2O6P. The number of nitrogens with zero attached hydrogens (tertiary/aromatic N) is 1. The van der Waals surface area contributed by atoms with Gasteiger partial charge in [0.05, 0.1) is 39.9 Å². The number of hydrogen-bond donors (Lipinski definition) is 2. The molecule has 91 heavy (non-hydrogen) atoms. The Balaban J connectivity index is 3.86. The van der Waals surface area contributed by atoms with Crippen LogP contribution in [0, 0.1) is 0 Å². The van der Waals surface area contributed by atoms with Crippen LogP contribution in [0.25, 0.3) is 0 Å². The van der Waals surface area contributed by atoms with Crippen molar-refractivity contribution in [1.29, 1.82) is 0 Å². The van der Waals surface area contributed by atoms with Gasteiger partial charge in [-0.15, -0.1) is 0 Å². The van der Waals surface area contributed by atoms with Gasteiger partial charge in [0.15, 0.2) is 0 Å². The summed E-state index contributed by atoms with van der Waals surface area (Å²) in [6.07, 6.45) is 95.4. The highest BCUT2D eigenvalue weighted by atomic mass is 31.2. The van der Waals surface area contributed by atoms with Crippen molar-refractivity contribution < 1.29 is 32.9 Å². The van der Waals surface area contributed by atoms with Gasteiger partial charge in [-0.1, -0.05) is 450 Å². The third-order valence-corrected chi connectivity index (χ3v) is 21.1. The summed E-state index contributed by atoms with van der Waals surface area (Å²) in [5, 5.41) is 14.2. The summed E-state index contributed by atoms with van der Waals surface area (Å²) < 4.78 is 23.6. The Morgan fingerprint density at radius 3 is 0.747 bits per heavy atom. The number of phosphoric acid groups is 1. The largest absolute Gasteiger partial charge is 0.756 e. The summed E-state index contributed by atoms with van der Waals surface area (Å²) >= 11 is 0. The summed E-state index contributed by atoms with van der Waals surface area (Å²) in [5.74, 6) is -0.151. The minimum atomic E-state index is -4.58. The molecule has 3 unspecified atom stereocenters. The van der Waals surface area contributed by atoms with Gasteiger partial charge in [-0.2, -0.15) is 0 Å². The van der Waals surface area contributed by atoms with E-state index in [0.29, 0.717) is 23.9 Å². The lowest BCUT2D eigenvalue weighted by atomic mass is 10.0. The highest BCUT2D eigenvalue weighted by Crippen LogP contribution is 2.38. The first-order valence-corrected chi connectivity index (χ1v) is 43.3. The Hall–Kier alpha value is -0.500. The van der Waals surface area contributed by atoms with E-state index < -0.39 is 20.0 Å². The number of rotatable bonds is 80. The molecular weight excluding hydrogens is 1140 g/mol. The minimum absolute atomic E-state index is 0.0172. The summed E-state index contributed by atoms with van der Waals surface area (Å²) in [5.41, 5.74) is 0. The number of unbranched alkanes of at least 4 members (excludes halogenated alkanes) is 67. The van der Waals surface area contributed by atoms with Crippen LogP contribution in [-0.4, -0.2) is 68.5 Å². The van der Waals surface area contributed by atoms with Crippen molar-refractivity contribution >= 4 is 13.7 Å². The lowest BCUT2D eigenvalue weighted by Gasteiger charge is -2.30. The molecule has 0 bridgehead atoms.